The second-order valence-corrected chi connectivity index (χ2v) is 4.40. The Hall–Kier alpha value is -0.740. The molecule has 0 aliphatic heterocycles. The maximum absolute atomic E-state index is 10.7. The van der Waals surface area contributed by atoms with Crippen molar-refractivity contribution >= 4 is 5.91 Å². The summed E-state index contributed by atoms with van der Waals surface area (Å²) in [7, 11) is 0. The second-order valence-electron chi connectivity index (χ2n) is 4.40. The first-order chi connectivity index (χ1) is 7.94. The molecule has 1 aliphatic rings. The molecule has 0 spiro atoms. The number of hydrogen-bond donors (Lipinski definition) is 1. The summed E-state index contributed by atoms with van der Waals surface area (Å²) in [6, 6.07) is 0. The Morgan fingerprint density at radius 1 is 0.706 bits per heavy atom. The van der Waals surface area contributed by atoms with Crippen LogP contribution in [-0.2, 0) is 4.79 Å². The fourth-order valence-electron chi connectivity index (χ4n) is 1.77. The van der Waals surface area contributed by atoms with Gasteiger partial charge in [-0.2, -0.15) is 13.2 Å². The van der Waals surface area contributed by atoms with E-state index in [2.05, 4.69) is 5.73 Å². The Morgan fingerprint density at radius 3 is 0.882 bits per heavy atom. The molecule has 0 bridgehead atoms. The molecule has 0 aromatic heterocycles. The molecule has 0 aromatic rings. The molecule has 2 N–H and O–H groups in total. The Labute approximate surface area is 101 Å². The van der Waals surface area contributed by atoms with Gasteiger partial charge < -0.3 is 5.73 Å². The minimum absolute atomic E-state index is 1.50. The van der Waals surface area contributed by atoms with Crippen molar-refractivity contribution in [2.24, 2.45) is 5.73 Å². The highest BCUT2D eigenvalue weighted by Gasteiger charge is 2.35. The maximum Gasteiger partial charge on any atom is 0.470 e. The lowest BCUT2D eigenvalue weighted by Gasteiger charge is -2.05. The third-order valence-electron chi connectivity index (χ3n) is 2.78. The molecular formula is C12H22F3NO. The van der Waals surface area contributed by atoms with Gasteiger partial charge in [0.05, 0.1) is 0 Å². The van der Waals surface area contributed by atoms with Gasteiger partial charge in [-0.15, -0.1) is 0 Å². The van der Waals surface area contributed by atoms with Crippen LogP contribution in [0.25, 0.3) is 0 Å². The molecule has 1 saturated carbocycles. The van der Waals surface area contributed by atoms with E-state index in [0.29, 0.717) is 0 Å². The van der Waals surface area contributed by atoms with Crippen LogP contribution in [0, 0.1) is 0 Å². The summed E-state index contributed by atoms with van der Waals surface area (Å²) in [5, 5.41) is 0. The lowest BCUT2D eigenvalue weighted by molar-refractivity contribution is -0.169. The highest BCUT2D eigenvalue weighted by Crippen LogP contribution is 2.15. The predicted octanol–water partition coefficient (Wildman–Crippen LogP) is 3.94. The average molecular weight is 253 g/mol. The first kappa shape index (κ1) is 16.3. The van der Waals surface area contributed by atoms with Gasteiger partial charge in [0.25, 0.3) is 0 Å². The van der Waals surface area contributed by atoms with E-state index in [1.807, 2.05) is 0 Å². The van der Waals surface area contributed by atoms with Crippen LogP contribution in [0.15, 0.2) is 0 Å². The smallest absolute Gasteiger partial charge is 0.362 e. The molecule has 0 heterocycles. The molecule has 0 aromatic carbocycles. The number of halogens is 3. The summed E-state index contributed by atoms with van der Waals surface area (Å²) in [5.74, 6) is -2.26. The third kappa shape index (κ3) is 11.5. The Bertz CT molecular complexity index is 171. The van der Waals surface area contributed by atoms with Crippen molar-refractivity contribution in [2.75, 3.05) is 0 Å². The molecule has 1 amide bonds. The molecule has 102 valence electrons. The Balaban J connectivity index is 0.000000325. The molecule has 17 heavy (non-hydrogen) atoms. The van der Waals surface area contributed by atoms with E-state index in [9.17, 15) is 13.2 Å². The molecule has 1 rings (SSSR count). The summed E-state index contributed by atoms with van der Waals surface area (Å²) in [4.78, 5) is 9.12. The number of carbonyl (C=O) groups excluding carboxylic acids is 1. The number of amides is 1. The average Bonchev–Trinajstić information content (AvgIpc) is 2.26. The molecule has 0 saturated heterocycles. The fourth-order valence-corrected chi connectivity index (χ4v) is 1.77. The number of alkyl halides is 3. The third-order valence-corrected chi connectivity index (χ3v) is 2.78. The molecule has 0 unspecified atom stereocenters. The Kier molecular flexibility index (Phi) is 8.90. The monoisotopic (exact) mass is 253 g/mol. The summed E-state index contributed by atoms with van der Waals surface area (Å²) in [6.45, 7) is 0. The van der Waals surface area contributed by atoms with E-state index < -0.39 is 12.1 Å². The SMILES string of the molecule is C1CCCCCCCCC1.NC(=O)C(F)(F)F. The van der Waals surface area contributed by atoms with Gasteiger partial charge in [0.15, 0.2) is 0 Å². The lowest BCUT2D eigenvalue weighted by Crippen LogP contribution is -2.30. The normalized spacial score (nSPS) is 18.8. The van der Waals surface area contributed by atoms with Crippen molar-refractivity contribution in [3.8, 4) is 0 Å². The van der Waals surface area contributed by atoms with Gasteiger partial charge in [-0.1, -0.05) is 64.2 Å². The number of carbonyl (C=O) groups is 1. The quantitative estimate of drug-likeness (QED) is 0.698. The zero-order valence-electron chi connectivity index (χ0n) is 10.2. The highest BCUT2D eigenvalue weighted by atomic mass is 19.4. The van der Waals surface area contributed by atoms with Gasteiger partial charge in [-0.05, 0) is 0 Å². The molecule has 0 radical (unpaired) electrons. The highest BCUT2D eigenvalue weighted by molar-refractivity contribution is 5.79. The largest absolute Gasteiger partial charge is 0.470 e. The summed E-state index contributed by atoms with van der Waals surface area (Å²) in [5.41, 5.74) is 3.81. The van der Waals surface area contributed by atoms with Crippen LogP contribution in [0.5, 0.6) is 0 Å². The maximum atomic E-state index is 10.7. The van der Waals surface area contributed by atoms with E-state index >= 15 is 0 Å². The summed E-state index contributed by atoms with van der Waals surface area (Å²) >= 11 is 0. The zero-order chi connectivity index (χ0) is 13.1. The van der Waals surface area contributed by atoms with Gasteiger partial charge in [0.1, 0.15) is 0 Å². The van der Waals surface area contributed by atoms with Crippen molar-refractivity contribution in [3.05, 3.63) is 0 Å². The van der Waals surface area contributed by atoms with E-state index in [0.717, 1.165) is 0 Å². The number of rotatable bonds is 0. The topological polar surface area (TPSA) is 43.1 Å². The number of hydrogen-bond acceptors (Lipinski definition) is 1. The fraction of sp³-hybridized carbons (Fsp3) is 0.917. The molecule has 1 fully saturated rings. The van der Waals surface area contributed by atoms with Gasteiger partial charge in [-0.25, -0.2) is 0 Å². The van der Waals surface area contributed by atoms with E-state index in [1.54, 1.807) is 0 Å². The Morgan fingerprint density at radius 2 is 0.824 bits per heavy atom. The zero-order valence-corrected chi connectivity index (χ0v) is 10.2. The van der Waals surface area contributed by atoms with Crippen LogP contribution in [-0.4, -0.2) is 12.1 Å². The van der Waals surface area contributed by atoms with Crippen molar-refractivity contribution in [2.45, 2.75) is 70.4 Å². The number of primary amides is 1. The van der Waals surface area contributed by atoms with E-state index in [4.69, 9.17) is 4.79 Å². The standard InChI is InChI=1S/C10H20.C2H2F3NO/c1-2-4-6-8-10-9-7-5-3-1;3-2(4,5)1(6)7/h1-10H2;(H2,6,7). The van der Waals surface area contributed by atoms with Gasteiger partial charge >= 0.3 is 12.1 Å². The van der Waals surface area contributed by atoms with E-state index in [-0.39, 0.29) is 0 Å². The summed E-state index contributed by atoms with van der Waals surface area (Å²) in [6.07, 6.45) is 10.1. The lowest BCUT2D eigenvalue weighted by atomic mass is 10.0. The van der Waals surface area contributed by atoms with Crippen molar-refractivity contribution < 1.29 is 18.0 Å². The first-order valence-corrected chi connectivity index (χ1v) is 6.31. The molecule has 0 atom stereocenters. The second kappa shape index (κ2) is 9.31. The van der Waals surface area contributed by atoms with Crippen LogP contribution >= 0.6 is 0 Å². The number of nitrogens with two attached hydrogens (primary N) is 1. The van der Waals surface area contributed by atoms with Gasteiger partial charge in [0.2, 0.25) is 0 Å². The molecule has 5 heteroatoms. The summed E-state index contributed by atoms with van der Waals surface area (Å²) < 4.78 is 32.1. The van der Waals surface area contributed by atoms with Crippen LogP contribution in [0.2, 0.25) is 0 Å². The van der Waals surface area contributed by atoms with E-state index in [1.165, 1.54) is 64.2 Å². The van der Waals surface area contributed by atoms with Crippen LogP contribution < -0.4 is 5.73 Å². The van der Waals surface area contributed by atoms with Gasteiger partial charge in [0, 0.05) is 0 Å². The molecular weight excluding hydrogens is 231 g/mol. The predicted molar refractivity (Wildman–Crippen MR) is 61.4 cm³/mol. The van der Waals surface area contributed by atoms with Crippen LogP contribution in [0.1, 0.15) is 64.2 Å². The first-order valence-electron chi connectivity index (χ1n) is 6.31. The minimum atomic E-state index is -4.86. The van der Waals surface area contributed by atoms with Gasteiger partial charge in [-0.3, -0.25) is 4.79 Å². The van der Waals surface area contributed by atoms with Crippen molar-refractivity contribution in [3.63, 3.8) is 0 Å². The molecule has 2 nitrogen and oxygen atoms in total. The van der Waals surface area contributed by atoms with Crippen molar-refractivity contribution in [1.29, 1.82) is 0 Å². The van der Waals surface area contributed by atoms with Crippen LogP contribution in [0.4, 0.5) is 13.2 Å². The van der Waals surface area contributed by atoms with Crippen LogP contribution in [0.3, 0.4) is 0 Å². The molecule has 1 aliphatic carbocycles. The van der Waals surface area contributed by atoms with Crippen molar-refractivity contribution in [1.82, 2.24) is 0 Å². The minimum Gasteiger partial charge on any atom is -0.362 e.